The predicted molar refractivity (Wildman–Crippen MR) is 39.6 cm³/mol. The lowest BCUT2D eigenvalue weighted by Crippen LogP contribution is -2.11. The van der Waals surface area contributed by atoms with Gasteiger partial charge in [-0.1, -0.05) is 11.6 Å². The zero-order valence-electron chi connectivity index (χ0n) is 5.80. The summed E-state index contributed by atoms with van der Waals surface area (Å²) in [6, 6.07) is 2.51. The zero-order chi connectivity index (χ0) is 9.14. The van der Waals surface area contributed by atoms with Crippen LogP contribution in [-0.2, 0) is 0 Å². The standard InChI is InChI=1S/C7H4ClF2NO/c8-4-1-2-11-5(3-4)6(12)7(9)10/h1-3,7H. The number of nitrogens with zero attached hydrogens (tertiary/aromatic N) is 1. The van der Waals surface area contributed by atoms with E-state index in [2.05, 4.69) is 4.98 Å². The normalized spacial score (nSPS) is 10.3. The number of hydrogen-bond acceptors (Lipinski definition) is 2. The maximum absolute atomic E-state index is 11.8. The molecular weight excluding hydrogens is 188 g/mol. The molecule has 0 fully saturated rings. The largest absolute Gasteiger partial charge is 0.302 e. The molecule has 0 atom stereocenters. The van der Waals surface area contributed by atoms with E-state index in [1.165, 1.54) is 12.3 Å². The molecule has 0 spiro atoms. The quantitative estimate of drug-likeness (QED) is 0.671. The highest BCUT2D eigenvalue weighted by Crippen LogP contribution is 2.11. The summed E-state index contributed by atoms with van der Waals surface area (Å²) >= 11 is 5.46. The van der Waals surface area contributed by atoms with E-state index in [1.54, 1.807) is 0 Å². The number of pyridine rings is 1. The van der Waals surface area contributed by atoms with E-state index >= 15 is 0 Å². The monoisotopic (exact) mass is 191 g/mol. The van der Waals surface area contributed by atoms with Crippen LogP contribution in [0.1, 0.15) is 10.5 Å². The van der Waals surface area contributed by atoms with Crippen LogP contribution in [0, 0.1) is 0 Å². The molecule has 64 valence electrons. The van der Waals surface area contributed by atoms with Crippen molar-refractivity contribution in [3.8, 4) is 0 Å². The van der Waals surface area contributed by atoms with Crippen LogP contribution in [0.4, 0.5) is 8.78 Å². The van der Waals surface area contributed by atoms with E-state index in [0.717, 1.165) is 6.07 Å². The molecule has 0 aliphatic heterocycles. The molecule has 1 aromatic rings. The molecule has 12 heavy (non-hydrogen) atoms. The Hall–Kier alpha value is -1.03. The van der Waals surface area contributed by atoms with Crippen molar-refractivity contribution in [2.75, 3.05) is 0 Å². The molecule has 0 aromatic carbocycles. The second-order valence-electron chi connectivity index (χ2n) is 2.02. The van der Waals surface area contributed by atoms with Gasteiger partial charge in [-0.05, 0) is 12.1 Å². The molecule has 0 N–H and O–H groups in total. The number of aromatic nitrogens is 1. The van der Waals surface area contributed by atoms with Crippen molar-refractivity contribution >= 4 is 17.4 Å². The molecule has 1 heterocycles. The Morgan fingerprint density at radius 1 is 1.58 bits per heavy atom. The molecule has 0 aliphatic rings. The van der Waals surface area contributed by atoms with E-state index in [0.29, 0.717) is 0 Å². The molecule has 1 aromatic heterocycles. The Bertz CT molecular complexity index is 303. The van der Waals surface area contributed by atoms with Crippen LogP contribution in [0.5, 0.6) is 0 Å². The summed E-state index contributed by atoms with van der Waals surface area (Å²) in [5, 5.41) is 0.217. The summed E-state index contributed by atoms with van der Waals surface area (Å²) in [5.41, 5.74) is -0.308. The van der Waals surface area contributed by atoms with Gasteiger partial charge in [0.2, 0.25) is 5.78 Å². The molecule has 0 bridgehead atoms. The summed E-state index contributed by atoms with van der Waals surface area (Å²) in [7, 11) is 0. The summed E-state index contributed by atoms with van der Waals surface area (Å²) < 4.78 is 23.6. The number of carbonyl (C=O) groups excluding carboxylic acids is 1. The van der Waals surface area contributed by atoms with E-state index in [4.69, 9.17) is 11.6 Å². The summed E-state index contributed by atoms with van der Waals surface area (Å²) in [4.78, 5) is 14.1. The van der Waals surface area contributed by atoms with Gasteiger partial charge in [-0.25, -0.2) is 8.78 Å². The predicted octanol–water partition coefficient (Wildman–Crippen LogP) is 2.18. The number of carbonyl (C=O) groups is 1. The van der Waals surface area contributed by atoms with Gasteiger partial charge in [0.15, 0.2) is 0 Å². The maximum Gasteiger partial charge on any atom is 0.302 e. The average molecular weight is 192 g/mol. The summed E-state index contributed by atoms with van der Waals surface area (Å²) in [6.07, 6.45) is -1.83. The third-order valence-electron chi connectivity index (χ3n) is 1.17. The van der Waals surface area contributed by atoms with Crippen molar-refractivity contribution in [2.45, 2.75) is 6.43 Å². The van der Waals surface area contributed by atoms with Crippen molar-refractivity contribution in [1.82, 2.24) is 4.98 Å². The van der Waals surface area contributed by atoms with Gasteiger partial charge >= 0.3 is 6.43 Å². The van der Waals surface area contributed by atoms with Crippen LogP contribution in [-0.4, -0.2) is 17.2 Å². The Balaban J connectivity index is 2.96. The van der Waals surface area contributed by atoms with Crippen molar-refractivity contribution in [1.29, 1.82) is 0 Å². The first-order chi connectivity index (χ1) is 5.61. The van der Waals surface area contributed by atoms with E-state index in [9.17, 15) is 13.6 Å². The van der Waals surface area contributed by atoms with Crippen molar-refractivity contribution in [3.05, 3.63) is 29.0 Å². The molecule has 0 saturated carbocycles. The highest BCUT2D eigenvalue weighted by molar-refractivity contribution is 6.30. The molecule has 2 nitrogen and oxygen atoms in total. The maximum atomic E-state index is 11.8. The minimum absolute atomic E-state index is 0.217. The fraction of sp³-hybridized carbons (Fsp3) is 0.143. The van der Waals surface area contributed by atoms with Gasteiger partial charge in [0.1, 0.15) is 5.69 Å². The number of alkyl halides is 2. The molecule has 0 aliphatic carbocycles. The van der Waals surface area contributed by atoms with Gasteiger partial charge in [-0.3, -0.25) is 9.78 Å². The second kappa shape index (κ2) is 3.58. The van der Waals surface area contributed by atoms with E-state index < -0.39 is 12.2 Å². The molecule has 0 unspecified atom stereocenters. The molecule has 0 saturated heterocycles. The molecule has 0 amide bonds. The first-order valence-corrected chi connectivity index (χ1v) is 3.43. The lowest BCUT2D eigenvalue weighted by atomic mass is 10.2. The summed E-state index contributed by atoms with van der Waals surface area (Å²) in [6.45, 7) is 0. The fourth-order valence-electron chi connectivity index (χ4n) is 0.651. The van der Waals surface area contributed by atoms with Crippen LogP contribution in [0.3, 0.4) is 0 Å². The average Bonchev–Trinajstić information content (AvgIpc) is 2.03. The van der Waals surface area contributed by atoms with E-state index in [1.807, 2.05) is 0 Å². The molecular formula is C7H4ClF2NO. The minimum Gasteiger partial charge on any atom is -0.286 e. The van der Waals surface area contributed by atoms with Gasteiger partial charge in [0.25, 0.3) is 0 Å². The Labute approximate surface area is 72.2 Å². The highest BCUT2D eigenvalue weighted by Gasteiger charge is 2.18. The zero-order valence-corrected chi connectivity index (χ0v) is 6.55. The highest BCUT2D eigenvalue weighted by atomic mass is 35.5. The number of Topliss-reactive ketones (excluding diaryl/α,β-unsaturated/α-hetero) is 1. The number of ketones is 1. The Kier molecular flexibility index (Phi) is 2.70. The number of rotatable bonds is 2. The van der Waals surface area contributed by atoms with Crippen LogP contribution >= 0.6 is 11.6 Å². The minimum atomic E-state index is -3.03. The van der Waals surface area contributed by atoms with Crippen LogP contribution in [0.25, 0.3) is 0 Å². The van der Waals surface area contributed by atoms with E-state index in [-0.39, 0.29) is 10.7 Å². The van der Waals surface area contributed by atoms with Crippen LogP contribution in [0.2, 0.25) is 5.02 Å². The van der Waals surface area contributed by atoms with Crippen molar-refractivity contribution in [3.63, 3.8) is 0 Å². The summed E-state index contributed by atoms with van der Waals surface area (Å²) in [5.74, 6) is -1.31. The topological polar surface area (TPSA) is 30.0 Å². The molecule has 5 heteroatoms. The molecule has 0 radical (unpaired) electrons. The number of halogens is 3. The third kappa shape index (κ3) is 1.98. The van der Waals surface area contributed by atoms with Gasteiger partial charge in [-0.2, -0.15) is 0 Å². The van der Waals surface area contributed by atoms with Gasteiger partial charge in [-0.15, -0.1) is 0 Å². The second-order valence-corrected chi connectivity index (χ2v) is 2.46. The van der Waals surface area contributed by atoms with Crippen molar-refractivity contribution < 1.29 is 13.6 Å². The Morgan fingerprint density at radius 3 is 2.75 bits per heavy atom. The van der Waals surface area contributed by atoms with Gasteiger partial charge in [0.05, 0.1) is 0 Å². The van der Waals surface area contributed by atoms with Crippen molar-refractivity contribution in [2.24, 2.45) is 0 Å². The smallest absolute Gasteiger partial charge is 0.286 e. The Morgan fingerprint density at radius 2 is 2.25 bits per heavy atom. The first kappa shape index (κ1) is 9.06. The van der Waals surface area contributed by atoms with Gasteiger partial charge in [0, 0.05) is 11.2 Å². The molecule has 1 rings (SSSR count). The van der Waals surface area contributed by atoms with Gasteiger partial charge < -0.3 is 0 Å². The van der Waals surface area contributed by atoms with Crippen LogP contribution < -0.4 is 0 Å². The fourth-order valence-corrected chi connectivity index (χ4v) is 0.811. The SMILES string of the molecule is O=C(c1cc(Cl)ccn1)C(F)F. The lowest BCUT2D eigenvalue weighted by molar-refractivity contribution is 0.0673. The first-order valence-electron chi connectivity index (χ1n) is 3.05. The third-order valence-corrected chi connectivity index (χ3v) is 1.41. The lowest BCUT2D eigenvalue weighted by Gasteiger charge is -1.97. The van der Waals surface area contributed by atoms with Crippen LogP contribution in [0.15, 0.2) is 18.3 Å². The number of hydrogen-bond donors (Lipinski definition) is 0.